The van der Waals surface area contributed by atoms with Crippen LogP contribution in [0.25, 0.3) is 32.5 Å². The van der Waals surface area contributed by atoms with Crippen molar-refractivity contribution in [3.8, 4) is 5.69 Å². The number of benzene rings is 1. The fourth-order valence-corrected chi connectivity index (χ4v) is 6.20. The zero-order valence-corrected chi connectivity index (χ0v) is 22.9. The molecule has 1 aromatic carbocycles. The molecule has 0 saturated heterocycles. The fraction of sp³-hybridized carbons (Fsp3) is 0.250. The number of halogens is 1. The number of aromatic nitrogens is 6. The topological polar surface area (TPSA) is 98.7 Å². The second-order valence-corrected chi connectivity index (χ2v) is 11.0. The van der Waals surface area contributed by atoms with E-state index in [4.69, 9.17) is 21.7 Å². The molecule has 10 heteroatoms. The van der Waals surface area contributed by atoms with Crippen molar-refractivity contribution in [2.24, 2.45) is 5.92 Å². The van der Waals surface area contributed by atoms with Gasteiger partial charge in [-0.3, -0.25) is 9.36 Å². The van der Waals surface area contributed by atoms with Crippen LogP contribution < -0.4 is 5.56 Å². The number of allylic oxidation sites excluding steroid dienone is 4. The average Bonchev–Trinajstić information content (AvgIpc) is 3.45. The number of alkyl halides is 1. The minimum atomic E-state index is -0.558. The summed E-state index contributed by atoms with van der Waals surface area (Å²) in [7, 11) is 0. The third-order valence-electron chi connectivity index (χ3n) is 7.15. The van der Waals surface area contributed by atoms with Crippen molar-refractivity contribution in [3.05, 3.63) is 92.6 Å². The van der Waals surface area contributed by atoms with Gasteiger partial charge in [0.2, 0.25) is 0 Å². The molecule has 5 aromatic rings. The van der Waals surface area contributed by atoms with Crippen LogP contribution in [-0.4, -0.2) is 39.8 Å². The first-order valence-electron chi connectivity index (χ1n) is 12.2. The minimum Gasteiger partial charge on any atom is -0.511 e. The van der Waals surface area contributed by atoms with Gasteiger partial charge in [-0.25, -0.2) is 19.6 Å². The van der Waals surface area contributed by atoms with Gasteiger partial charge in [-0.2, -0.15) is 5.10 Å². The first-order chi connectivity index (χ1) is 18.3. The van der Waals surface area contributed by atoms with Crippen LogP contribution in [0.2, 0.25) is 0 Å². The number of para-hydroxylation sites is 1. The highest BCUT2D eigenvalue weighted by Gasteiger charge is 2.30. The fourth-order valence-electron chi connectivity index (χ4n) is 5.06. The van der Waals surface area contributed by atoms with Gasteiger partial charge in [-0.05, 0) is 55.0 Å². The monoisotopic (exact) mass is 544 g/mol. The molecular weight excluding hydrogens is 520 g/mol. The molecule has 0 spiro atoms. The molecule has 0 amide bonds. The number of rotatable bonds is 4. The SMILES string of the molecule is Cc1ccccc1-n1c(Cn2nc(C3=CC=C(O)C(Cl)C3C)c3c(C)ncnc32)nc2scc(C)c2c1=O. The molecule has 1 aliphatic carbocycles. The number of aliphatic hydroxyl groups is 1. The normalized spacial score (nSPS) is 17.7. The van der Waals surface area contributed by atoms with Crippen LogP contribution in [0.5, 0.6) is 0 Å². The molecule has 2 atom stereocenters. The molecule has 0 saturated carbocycles. The molecule has 1 aliphatic rings. The van der Waals surface area contributed by atoms with Crippen molar-refractivity contribution in [2.75, 3.05) is 0 Å². The van der Waals surface area contributed by atoms with Gasteiger partial charge in [-0.15, -0.1) is 22.9 Å². The third-order valence-corrected chi connectivity index (χ3v) is 8.74. The maximum absolute atomic E-state index is 13.9. The van der Waals surface area contributed by atoms with E-state index in [0.29, 0.717) is 27.4 Å². The van der Waals surface area contributed by atoms with Gasteiger partial charge in [-0.1, -0.05) is 31.2 Å². The highest BCUT2D eigenvalue weighted by Crippen LogP contribution is 2.37. The van der Waals surface area contributed by atoms with Gasteiger partial charge in [0.15, 0.2) is 5.65 Å². The number of aliphatic hydroxyl groups excluding tert-OH is 1. The van der Waals surface area contributed by atoms with Crippen molar-refractivity contribution in [2.45, 2.75) is 39.6 Å². The summed E-state index contributed by atoms with van der Waals surface area (Å²) in [5, 5.41) is 18.0. The predicted octanol–water partition coefficient (Wildman–Crippen LogP) is 5.64. The maximum atomic E-state index is 13.9. The van der Waals surface area contributed by atoms with Gasteiger partial charge in [0, 0.05) is 5.92 Å². The van der Waals surface area contributed by atoms with Crippen molar-refractivity contribution < 1.29 is 5.11 Å². The van der Waals surface area contributed by atoms with E-state index in [-0.39, 0.29) is 23.8 Å². The van der Waals surface area contributed by atoms with Crippen molar-refractivity contribution >= 4 is 49.8 Å². The number of aryl methyl sites for hydroxylation is 3. The van der Waals surface area contributed by atoms with Crippen LogP contribution >= 0.6 is 22.9 Å². The van der Waals surface area contributed by atoms with E-state index >= 15 is 0 Å². The molecule has 8 nitrogen and oxygen atoms in total. The molecule has 0 bridgehead atoms. The lowest BCUT2D eigenvalue weighted by molar-refractivity contribution is 0.375. The largest absolute Gasteiger partial charge is 0.511 e. The first kappa shape index (κ1) is 24.5. The molecule has 38 heavy (non-hydrogen) atoms. The van der Waals surface area contributed by atoms with E-state index < -0.39 is 5.38 Å². The van der Waals surface area contributed by atoms with Crippen molar-refractivity contribution in [1.82, 2.24) is 29.3 Å². The standard InChI is InChI=1S/C28H25ClN6O2S/c1-14-7-5-6-8-19(14)35-21(32-27-22(28(35)37)15(2)12-38-27)11-34-26-23(17(4)30-13-31-26)25(33-34)18-9-10-20(36)24(29)16(18)3/h5-10,12-13,16,24,36H,11H2,1-4H3. The molecule has 1 N–H and O–H groups in total. The van der Waals surface area contributed by atoms with Crippen LogP contribution in [-0.2, 0) is 6.54 Å². The Hall–Kier alpha value is -3.82. The van der Waals surface area contributed by atoms with Gasteiger partial charge < -0.3 is 5.11 Å². The maximum Gasteiger partial charge on any atom is 0.267 e. The Morgan fingerprint density at radius 2 is 1.87 bits per heavy atom. The van der Waals surface area contributed by atoms with Crippen molar-refractivity contribution in [3.63, 3.8) is 0 Å². The third kappa shape index (κ3) is 3.76. The summed E-state index contributed by atoms with van der Waals surface area (Å²) in [5.74, 6) is 0.511. The number of hydrogen-bond acceptors (Lipinski definition) is 7. The smallest absolute Gasteiger partial charge is 0.267 e. The van der Waals surface area contributed by atoms with Crippen LogP contribution in [0.4, 0.5) is 0 Å². The number of thiophene rings is 1. The van der Waals surface area contributed by atoms with E-state index in [1.165, 1.54) is 17.7 Å². The molecule has 0 aliphatic heterocycles. The van der Waals surface area contributed by atoms with Crippen molar-refractivity contribution in [1.29, 1.82) is 0 Å². The summed E-state index contributed by atoms with van der Waals surface area (Å²) < 4.78 is 3.47. The molecule has 4 aromatic heterocycles. The highest BCUT2D eigenvalue weighted by atomic mass is 35.5. The van der Waals surface area contributed by atoms with Gasteiger partial charge in [0.25, 0.3) is 5.56 Å². The summed E-state index contributed by atoms with van der Waals surface area (Å²) in [6.45, 7) is 8.02. The lowest BCUT2D eigenvalue weighted by Gasteiger charge is -2.23. The van der Waals surface area contributed by atoms with Gasteiger partial charge in [0.05, 0.1) is 27.5 Å². The second-order valence-electron chi connectivity index (χ2n) is 9.62. The Morgan fingerprint density at radius 3 is 2.66 bits per heavy atom. The summed E-state index contributed by atoms with van der Waals surface area (Å²) in [4.78, 5) is 28.5. The Morgan fingerprint density at radius 1 is 1.08 bits per heavy atom. The predicted molar refractivity (Wildman–Crippen MR) is 151 cm³/mol. The van der Waals surface area contributed by atoms with Crippen LogP contribution in [0.1, 0.15) is 35.3 Å². The van der Waals surface area contributed by atoms with E-state index in [0.717, 1.165) is 33.5 Å². The lowest BCUT2D eigenvalue weighted by Crippen LogP contribution is -2.26. The molecule has 0 fully saturated rings. The molecule has 6 rings (SSSR count). The van der Waals surface area contributed by atoms with E-state index in [1.807, 2.05) is 63.4 Å². The Kier molecular flexibility index (Phi) is 5.92. The lowest BCUT2D eigenvalue weighted by atomic mass is 9.88. The zero-order valence-electron chi connectivity index (χ0n) is 21.3. The second kappa shape index (κ2) is 9.18. The number of nitrogens with zero attached hydrogens (tertiary/aromatic N) is 6. The first-order valence-corrected chi connectivity index (χ1v) is 13.6. The zero-order chi connectivity index (χ0) is 26.7. The summed E-state index contributed by atoms with van der Waals surface area (Å²) in [5.41, 5.74) is 5.57. The molecule has 4 heterocycles. The van der Waals surface area contributed by atoms with E-state index in [1.54, 1.807) is 15.3 Å². The quantitative estimate of drug-likeness (QED) is 0.294. The molecule has 192 valence electrons. The van der Waals surface area contributed by atoms with Crippen LogP contribution in [0.3, 0.4) is 0 Å². The number of hydrogen-bond donors (Lipinski definition) is 1. The van der Waals surface area contributed by atoms with E-state index in [2.05, 4.69) is 9.97 Å². The minimum absolute atomic E-state index is 0.102. The number of fused-ring (bicyclic) bond motifs is 2. The van der Waals surface area contributed by atoms with Crippen LogP contribution in [0, 0.1) is 26.7 Å². The average molecular weight is 545 g/mol. The molecular formula is C28H25ClN6O2S. The Bertz CT molecular complexity index is 1860. The van der Waals surface area contributed by atoms with E-state index in [9.17, 15) is 9.90 Å². The molecule has 2 unspecified atom stereocenters. The summed E-state index contributed by atoms with van der Waals surface area (Å²) in [6.07, 6.45) is 4.98. The Balaban J connectivity index is 1.59. The van der Waals surface area contributed by atoms with Gasteiger partial charge >= 0.3 is 0 Å². The van der Waals surface area contributed by atoms with Crippen LogP contribution in [0.15, 0.2) is 58.7 Å². The highest BCUT2D eigenvalue weighted by molar-refractivity contribution is 7.16. The summed E-state index contributed by atoms with van der Waals surface area (Å²) >= 11 is 7.96. The summed E-state index contributed by atoms with van der Waals surface area (Å²) in [6, 6.07) is 7.79. The van der Waals surface area contributed by atoms with Gasteiger partial charge in [0.1, 0.15) is 35.0 Å². The Labute approximate surface area is 227 Å². The molecule has 0 radical (unpaired) electrons.